The molecule has 0 bridgehead atoms. The molecular formula is C35H43ClO4. The number of carbonyl (C=O) groups excluding carboxylic acids is 1. The number of aryl methyl sites for hydroxylation is 1. The second kappa shape index (κ2) is 13.8. The first kappa shape index (κ1) is 30.3. The minimum atomic E-state index is -0.650. The number of halogens is 1. The molecular weight excluding hydrogens is 520 g/mol. The highest BCUT2D eigenvalue weighted by molar-refractivity contribution is 6.31. The maximum absolute atomic E-state index is 12.8. The average molecular weight is 563 g/mol. The van der Waals surface area contributed by atoms with Gasteiger partial charge >= 0.3 is 0 Å². The molecule has 0 N–H and O–H groups in total. The normalized spacial score (nSPS) is 22.7. The van der Waals surface area contributed by atoms with E-state index in [1.807, 2.05) is 37.3 Å². The van der Waals surface area contributed by atoms with E-state index in [9.17, 15) is 4.79 Å². The van der Waals surface area contributed by atoms with Crippen LogP contribution in [-0.4, -0.2) is 26.1 Å². The molecule has 3 aromatic carbocycles. The van der Waals surface area contributed by atoms with Gasteiger partial charge in [-0.3, -0.25) is 0 Å². The first-order chi connectivity index (χ1) is 19.4. The van der Waals surface area contributed by atoms with Crippen molar-refractivity contribution in [2.45, 2.75) is 84.0 Å². The lowest BCUT2D eigenvalue weighted by Gasteiger charge is -2.48. The zero-order valence-corrected chi connectivity index (χ0v) is 25.1. The third-order valence-corrected chi connectivity index (χ3v) is 8.70. The van der Waals surface area contributed by atoms with E-state index in [1.165, 1.54) is 11.8 Å². The van der Waals surface area contributed by atoms with Gasteiger partial charge in [0, 0.05) is 24.0 Å². The predicted molar refractivity (Wildman–Crippen MR) is 162 cm³/mol. The molecule has 0 aromatic heterocycles. The standard InChI is InChI=1S/C35H43ClO4/c1-5-7-17-34(25-37)21-31(40-23-27-11-9-8-10-12-27)22-35(24-34,38-4)30-14-15-32(36)29(20-30)19-28-13-16-33(39-6-2)26(3)18-28/h8-16,18,20,25,31H,5-7,17,19,21-24H2,1-4H3/t31?,34-,35+/m0/s1. The first-order valence-corrected chi connectivity index (χ1v) is 14.9. The Labute approximate surface area is 245 Å². The number of hydrogen-bond donors (Lipinski definition) is 0. The maximum Gasteiger partial charge on any atom is 0.126 e. The molecule has 0 saturated heterocycles. The predicted octanol–water partition coefficient (Wildman–Crippen LogP) is 8.62. The Bertz CT molecular complexity index is 1260. The van der Waals surface area contributed by atoms with E-state index in [2.05, 4.69) is 50.2 Å². The lowest BCUT2D eigenvalue weighted by molar-refractivity contribution is -0.155. The molecule has 1 unspecified atom stereocenters. The highest BCUT2D eigenvalue weighted by atomic mass is 35.5. The van der Waals surface area contributed by atoms with Crippen LogP contribution in [0.2, 0.25) is 5.02 Å². The number of methoxy groups -OCH3 is 1. The van der Waals surface area contributed by atoms with E-state index in [0.717, 1.165) is 52.3 Å². The molecule has 0 radical (unpaired) electrons. The number of aldehydes is 1. The van der Waals surface area contributed by atoms with Gasteiger partial charge in [0.15, 0.2) is 0 Å². The molecule has 1 aliphatic rings. The van der Waals surface area contributed by atoms with Gasteiger partial charge in [-0.1, -0.05) is 86.0 Å². The topological polar surface area (TPSA) is 44.8 Å². The molecule has 1 aliphatic carbocycles. The van der Waals surface area contributed by atoms with Gasteiger partial charge in [-0.05, 0) is 79.5 Å². The average Bonchev–Trinajstić information content (AvgIpc) is 2.98. The van der Waals surface area contributed by atoms with E-state index < -0.39 is 11.0 Å². The van der Waals surface area contributed by atoms with E-state index >= 15 is 0 Å². The van der Waals surface area contributed by atoms with E-state index in [1.54, 1.807) is 7.11 Å². The summed E-state index contributed by atoms with van der Waals surface area (Å²) in [6, 6.07) is 22.7. The van der Waals surface area contributed by atoms with Crippen LogP contribution in [0.15, 0.2) is 66.7 Å². The van der Waals surface area contributed by atoms with Crippen LogP contribution < -0.4 is 4.74 Å². The molecule has 0 spiro atoms. The molecule has 40 heavy (non-hydrogen) atoms. The summed E-state index contributed by atoms with van der Waals surface area (Å²) in [4.78, 5) is 12.8. The number of benzene rings is 3. The summed E-state index contributed by atoms with van der Waals surface area (Å²) in [6.45, 7) is 7.39. The van der Waals surface area contributed by atoms with Crippen molar-refractivity contribution in [3.63, 3.8) is 0 Å². The number of ether oxygens (including phenoxy) is 3. The van der Waals surface area contributed by atoms with Crippen molar-refractivity contribution < 1.29 is 19.0 Å². The Kier molecular flexibility index (Phi) is 10.5. The second-order valence-electron chi connectivity index (χ2n) is 11.3. The van der Waals surface area contributed by atoms with Crippen LogP contribution in [0.4, 0.5) is 0 Å². The third-order valence-electron chi connectivity index (χ3n) is 8.33. The summed E-state index contributed by atoms with van der Waals surface area (Å²) in [5.74, 6) is 0.908. The summed E-state index contributed by atoms with van der Waals surface area (Å²) in [7, 11) is 1.76. The molecule has 0 aliphatic heterocycles. The number of rotatable bonds is 13. The van der Waals surface area contributed by atoms with Crippen molar-refractivity contribution in [1.82, 2.24) is 0 Å². The second-order valence-corrected chi connectivity index (χ2v) is 11.7. The molecule has 0 amide bonds. The molecule has 5 heteroatoms. The Balaban J connectivity index is 1.66. The van der Waals surface area contributed by atoms with Crippen molar-refractivity contribution in [3.8, 4) is 5.75 Å². The van der Waals surface area contributed by atoms with Gasteiger partial charge in [-0.2, -0.15) is 0 Å². The highest BCUT2D eigenvalue weighted by Gasteiger charge is 2.50. The number of carbonyl (C=O) groups is 1. The molecule has 4 nitrogen and oxygen atoms in total. The fourth-order valence-corrected chi connectivity index (χ4v) is 6.41. The van der Waals surface area contributed by atoms with E-state index in [4.69, 9.17) is 25.8 Å². The lowest BCUT2D eigenvalue weighted by Crippen LogP contribution is -2.48. The zero-order valence-electron chi connectivity index (χ0n) is 24.4. The van der Waals surface area contributed by atoms with Gasteiger partial charge in [-0.25, -0.2) is 0 Å². The molecule has 3 aromatic rings. The fourth-order valence-electron chi connectivity index (χ4n) is 6.23. The fraction of sp³-hybridized carbons (Fsp3) is 0.457. The van der Waals surface area contributed by atoms with Gasteiger partial charge in [0.05, 0.1) is 24.9 Å². The van der Waals surface area contributed by atoms with Crippen molar-refractivity contribution in [3.05, 3.63) is 99.6 Å². The highest BCUT2D eigenvalue weighted by Crippen LogP contribution is 2.51. The molecule has 0 heterocycles. The summed E-state index contributed by atoms with van der Waals surface area (Å²) >= 11 is 6.75. The SMILES string of the molecule is CCCC[C@]1(C=O)CC(OCc2ccccc2)C[C@](OC)(c2ccc(Cl)c(Cc3ccc(OCC)c(C)c3)c2)C1. The third kappa shape index (κ3) is 7.15. The first-order valence-electron chi connectivity index (χ1n) is 14.5. The van der Waals surface area contributed by atoms with Crippen LogP contribution in [0.25, 0.3) is 0 Å². The Morgan fingerprint density at radius 3 is 2.48 bits per heavy atom. The van der Waals surface area contributed by atoms with Gasteiger partial charge in [0.25, 0.3) is 0 Å². The van der Waals surface area contributed by atoms with Crippen LogP contribution in [0.1, 0.15) is 80.2 Å². The molecule has 3 atom stereocenters. The Morgan fingerprint density at radius 2 is 1.80 bits per heavy atom. The zero-order chi connectivity index (χ0) is 28.6. The van der Waals surface area contributed by atoms with Crippen LogP contribution in [0.5, 0.6) is 5.75 Å². The number of unbranched alkanes of at least 4 members (excludes halogenated alkanes) is 1. The molecule has 1 fully saturated rings. The largest absolute Gasteiger partial charge is 0.494 e. The van der Waals surface area contributed by atoms with Crippen molar-refractivity contribution in [2.24, 2.45) is 5.41 Å². The van der Waals surface area contributed by atoms with Crippen molar-refractivity contribution >= 4 is 17.9 Å². The summed E-state index contributed by atoms with van der Waals surface area (Å²) in [5, 5.41) is 0.724. The van der Waals surface area contributed by atoms with Gasteiger partial charge in [-0.15, -0.1) is 0 Å². The van der Waals surface area contributed by atoms with Gasteiger partial charge in [0.1, 0.15) is 12.0 Å². The van der Waals surface area contributed by atoms with Crippen molar-refractivity contribution in [1.29, 1.82) is 0 Å². The van der Waals surface area contributed by atoms with E-state index in [-0.39, 0.29) is 6.10 Å². The van der Waals surface area contributed by atoms with Crippen LogP contribution in [0, 0.1) is 12.3 Å². The summed E-state index contributed by atoms with van der Waals surface area (Å²) < 4.78 is 18.6. The molecule has 4 rings (SSSR count). The molecule has 214 valence electrons. The smallest absolute Gasteiger partial charge is 0.126 e. The Morgan fingerprint density at radius 1 is 1.00 bits per heavy atom. The van der Waals surface area contributed by atoms with Gasteiger partial charge in [0.2, 0.25) is 0 Å². The van der Waals surface area contributed by atoms with Crippen molar-refractivity contribution in [2.75, 3.05) is 13.7 Å². The number of hydrogen-bond acceptors (Lipinski definition) is 4. The Hall–Kier alpha value is -2.66. The van der Waals surface area contributed by atoms with E-state index in [0.29, 0.717) is 38.9 Å². The van der Waals surface area contributed by atoms with Crippen LogP contribution in [0.3, 0.4) is 0 Å². The summed E-state index contributed by atoms with van der Waals surface area (Å²) in [5.41, 5.74) is 4.34. The quantitative estimate of drug-likeness (QED) is 0.196. The van der Waals surface area contributed by atoms with Crippen LogP contribution >= 0.6 is 11.6 Å². The maximum atomic E-state index is 12.8. The lowest BCUT2D eigenvalue weighted by atomic mass is 9.63. The van der Waals surface area contributed by atoms with Crippen LogP contribution in [-0.2, 0) is 32.9 Å². The summed E-state index contributed by atoms with van der Waals surface area (Å²) in [6.07, 6.45) is 6.65. The van der Waals surface area contributed by atoms with Gasteiger partial charge < -0.3 is 19.0 Å². The monoisotopic (exact) mass is 562 g/mol. The molecule has 1 saturated carbocycles. The minimum Gasteiger partial charge on any atom is -0.494 e. The minimum absolute atomic E-state index is 0.108.